The Bertz CT molecular complexity index is 210. The number of ether oxygens (including phenoxy) is 1. The minimum absolute atomic E-state index is 0.0183. The topological polar surface area (TPSA) is 75.8 Å². The van der Waals surface area contributed by atoms with Gasteiger partial charge in [-0.25, -0.2) is 0 Å². The highest BCUT2D eigenvalue weighted by atomic mass is 16.5. The van der Waals surface area contributed by atoms with Crippen LogP contribution in [0.25, 0.3) is 0 Å². The van der Waals surface area contributed by atoms with Gasteiger partial charge in [0.15, 0.2) is 0 Å². The predicted octanol–water partition coefficient (Wildman–Crippen LogP) is -1.06. The number of nitrogens with zero attached hydrogens (tertiary/aromatic N) is 1. The molecule has 1 heterocycles. The van der Waals surface area contributed by atoms with Crippen LogP contribution in [0.1, 0.15) is 13.8 Å². The van der Waals surface area contributed by atoms with Crippen LogP contribution in [0.4, 0.5) is 0 Å². The van der Waals surface area contributed by atoms with Crippen molar-refractivity contribution >= 4 is 5.91 Å². The third kappa shape index (κ3) is 2.67. The number of rotatable bonds is 3. The summed E-state index contributed by atoms with van der Waals surface area (Å²) in [6, 6.07) is 0.0446. The molecule has 1 rings (SSSR count). The maximum Gasteiger partial charge on any atom is 0.247 e. The first-order valence-electron chi connectivity index (χ1n) is 4.84. The van der Waals surface area contributed by atoms with Crippen LogP contribution in [0.15, 0.2) is 0 Å². The van der Waals surface area contributed by atoms with E-state index in [0.717, 1.165) is 6.54 Å². The minimum Gasteiger partial charge on any atom is -0.395 e. The molecule has 0 aromatic carbocycles. The Balaban J connectivity index is 2.58. The van der Waals surface area contributed by atoms with Gasteiger partial charge in [0.05, 0.1) is 12.7 Å². The molecule has 1 aliphatic heterocycles. The number of aliphatic hydroxyl groups excluding tert-OH is 1. The fourth-order valence-electron chi connectivity index (χ4n) is 1.62. The summed E-state index contributed by atoms with van der Waals surface area (Å²) in [5, 5.41) is 9.00. The first-order chi connectivity index (χ1) is 6.54. The number of primary amides is 1. The van der Waals surface area contributed by atoms with Gasteiger partial charge >= 0.3 is 0 Å². The Morgan fingerprint density at radius 1 is 1.71 bits per heavy atom. The molecule has 14 heavy (non-hydrogen) atoms. The van der Waals surface area contributed by atoms with Crippen molar-refractivity contribution in [3.63, 3.8) is 0 Å². The molecule has 1 fully saturated rings. The van der Waals surface area contributed by atoms with E-state index in [1.54, 1.807) is 0 Å². The Labute approximate surface area is 83.8 Å². The van der Waals surface area contributed by atoms with Crippen molar-refractivity contribution in [2.24, 2.45) is 5.73 Å². The molecule has 0 aromatic rings. The standard InChI is InChI=1S/C9H18N2O3/c1-6(5-12)11-3-7(2)14-8(4-11)9(10)13/h6-8,12H,3-5H2,1-2H3,(H2,10,13)/t6-,7?,8?/m0/s1. The summed E-state index contributed by atoms with van der Waals surface area (Å²) in [7, 11) is 0. The van der Waals surface area contributed by atoms with Gasteiger partial charge in [-0.15, -0.1) is 0 Å². The maximum absolute atomic E-state index is 11.0. The number of carbonyl (C=O) groups is 1. The van der Waals surface area contributed by atoms with Crippen LogP contribution < -0.4 is 5.73 Å². The lowest BCUT2D eigenvalue weighted by molar-refractivity contribution is -0.144. The molecule has 0 radical (unpaired) electrons. The fraction of sp³-hybridized carbons (Fsp3) is 0.889. The molecule has 5 heteroatoms. The van der Waals surface area contributed by atoms with E-state index >= 15 is 0 Å². The second kappa shape index (κ2) is 4.72. The van der Waals surface area contributed by atoms with Crippen LogP contribution in [0.2, 0.25) is 0 Å². The van der Waals surface area contributed by atoms with Gasteiger partial charge in [-0.2, -0.15) is 0 Å². The normalized spacial score (nSPS) is 31.4. The van der Waals surface area contributed by atoms with Crippen molar-refractivity contribution in [1.29, 1.82) is 0 Å². The van der Waals surface area contributed by atoms with E-state index in [2.05, 4.69) is 0 Å². The molecule has 1 amide bonds. The summed E-state index contributed by atoms with van der Waals surface area (Å²) in [6.45, 7) is 5.09. The number of carbonyl (C=O) groups excluding carboxylic acids is 1. The van der Waals surface area contributed by atoms with Crippen LogP contribution in [0.5, 0.6) is 0 Å². The van der Waals surface area contributed by atoms with Gasteiger partial charge in [-0.05, 0) is 13.8 Å². The first-order valence-corrected chi connectivity index (χ1v) is 4.84. The summed E-state index contributed by atoms with van der Waals surface area (Å²) < 4.78 is 5.37. The lowest BCUT2D eigenvalue weighted by Gasteiger charge is -2.38. The molecule has 0 saturated carbocycles. The van der Waals surface area contributed by atoms with Crippen LogP contribution in [-0.2, 0) is 9.53 Å². The third-order valence-corrected chi connectivity index (χ3v) is 2.49. The largest absolute Gasteiger partial charge is 0.395 e. The first kappa shape index (κ1) is 11.4. The molecule has 3 atom stereocenters. The highest BCUT2D eigenvalue weighted by molar-refractivity contribution is 5.79. The molecule has 0 bridgehead atoms. The average Bonchev–Trinajstić information content (AvgIpc) is 2.15. The lowest BCUT2D eigenvalue weighted by atomic mass is 10.1. The van der Waals surface area contributed by atoms with Crippen LogP contribution in [0, 0.1) is 0 Å². The van der Waals surface area contributed by atoms with E-state index in [9.17, 15) is 4.79 Å². The number of morpholine rings is 1. The van der Waals surface area contributed by atoms with E-state index in [1.165, 1.54) is 0 Å². The van der Waals surface area contributed by atoms with Crippen LogP contribution >= 0.6 is 0 Å². The van der Waals surface area contributed by atoms with Gasteiger partial charge in [0.2, 0.25) is 5.91 Å². The molecule has 0 aliphatic carbocycles. The lowest BCUT2D eigenvalue weighted by Crippen LogP contribution is -2.54. The molecule has 2 unspecified atom stereocenters. The summed E-state index contributed by atoms with van der Waals surface area (Å²) in [6.07, 6.45) is -0.567. The van der Waals surface area contributed by atoms with Crippen LogP contribution in [0.3, 0.4) is 0 Å². The predicted molar refractivity (Wildman–Crippen MR) is 51.7 cm³/mol. The molecule has 1 saturated heterocycles. The minimum atomic E-state index is -0.548. The van der Waals surface area contributed by atoms with E-state index in [4.69, 9.17) is 15.6 Å². The maximum atomic E-state index is 11.0. The molecule has 0 spiro atoms. The van der Waals surface area contributed by atoms with Crippen LogP contribution in [-0.4, -0.2) is 53.9 Å². The van der Waals surface area contributed by atoms with Gasteiger partial charge in [0.1, 0.15) is 6.10 Å². The number of amides is 1. The quantitative estimate of drug-likeness (QED) is 0.612. The summed E-state index contributed by atoms with van der Waals surface area (Å²) in [5.74, 6) is -0.438. The molecule has 5 nitrogen and oxygen atoms in total. The van der Waals surface area contributed by atoms with Crippen molar-refractivity contribution in [1.82, 2.24) is 4.90 Å². The van der Waals surface area contributed by atoms with Crippen molar-refractivity contribution in [2.45, 2.75) is 32.1 Å². The van der Waals surface area contributed by atoms with E-state index in [0.29, 0.717) is 6.54 Å². The second-order valence-corrected chi connectivity index (χ2v) is 3.82. The number of hydrogen-bond donors (Lipinski definition) is 2. The molecule has 3 N–H and O–H groups in total. The van der Waals surface area contributed by atoms with Gasteiger partial charge in [0.25, 0.3) is 0 Å². The molecule has 0 aromatic heterocycles. The summed E-state index contributed by atoms with van der Waals surface area (Å²) in [4.78, 5) is 13.0. The molecule has 1 aliphatic rings. The number of hydrogen-bond acceptors (Lipinski definition) is 4. The van der Waals surface area contributed by atoms with Crippen molar-refractivity contribution in [2.75, 3.05) is 19.7 Å². The Morgan fingerprint density at radius 3 is 2.86 bits per heavy atom. The monoisotopic (exact) mass is 202 g/mol. The average molecular weight is 202 g/mol. The zero-order chi connectivity index (χ0) is 10.7. The van der Waals surface area contributed by atoms with E-state index < -0.39 is 12.0 Å². The van der Waals surface area contributed by atoms with Gasteiger partial charge in [0, 0.05) is 19.1 Å². The van der Waals surface area contributed by atoms with E-state index in [1.807, 2.05) is 18.7 Å². The smallest absolute Gasteiger partial charge is 0.247 e. The Kier molecular flexibility index (Phi) is 3.86. The van der Waals surface area contributed by atoms with Gasteiger partial charge in [-0.1, -0.05) is 0 Å². The Hall–Kier alpha value is -0.650. The highest BCUT2D eigenvalue weighted by Gasteiger charge is 2.30. The number of aliphatic hydroxyl groups is 1. The zero-order valence-electron chi connectivity index (χ0n) is 8.64. The Morgan fingerprint density at radius 2 is 2.36 bits per heavy atom. The molecule has 82 valence electrons. The number of nitrogens with two attached hydrogens (primary N) is 1. The summed E-state index contributed by atoms with van der Waals surface area (Å²) in [5.41, 5.74) is 5.18. The second-order valence-electron chi connectivity index (χ2n) is 3.82. The third-order valence-electron chi connectivity index (χ3n) is 2.49. The fourth-order valence-corrected chi connectivity index (χ4v) is 1.62. The molecular formula is C9H18N2O3. The highest BCUT2D eigenvalue weighted by Crippen LogP contribution is 2.13. The zero-order valence-corrected chi connectivity index (χ0v) is 8.64. The molecular weight excluding hydrogens is 184 g/mol. The van der Waals surface area contributed by atoms with Gasteiger partial charge < -0.3 is 15.6 Å². The van der Waals surface area contributed by atoms with Crippen molar-refractivity contribution in [3.05, 3.63) is 0 Å². The van der Waals surface area contributed by atoms with E-state index in [-0.39, 0.29) is 18.8 Å². The SMILES string of the molecule is CC1CN([C@@H](C)CO)CC(C(N)=O)O1. The van der Waals surface area contributed by atoms with Crippen molar-refractivity contribution < 1.29 is 14.6 Å². The van der Waals surface area contributed by atoms with Gasteiger partial charge in [-0.3, -0.25) is 9.69 Å². The summed E-state index contributed by atoms with van der Waals surface area (Å²) >= 11 is 0. The van der Waals surface area contributed by atoms with Crippen molar-refractivity contribution in [3.8, 4) is 0 Å².